The third-order valence-electron chi connectivity index (χ3n) is 8.13. The van der Waals surface area contributed by atoms with Gasteiger partial charge < -0.3 is 14.4 Å². The summed E-state index contributed by atoms with van der Waals surface area (Å²) in [6, 6.07) is 37.4. The van der Waals surface area contributed by atoms with Gasteiger partial charge in [-0.05, 0) is 63.1 Å². The van der Waals surface area contributed by atoms with Crippen LogP contribution in [0.5, 0.6) is 0 Å². The molecule has 3 nitrogen and oxygen atoms in total. The van der Waals surface area contributed by atoms with E-state index in [-0.39, 0.29) is 37.3 Å². The van der Waals surface area contributed by atoms with E-state index in [2.05, 4.69) is 41.7 Å². The second kappa shape index (κ2) is 15.4. The summed E-state index contributed by atoms with van der Waals surface area (Å²) < 4.78 is 95.5. The van der Waals surface area contributed by atoms with Gasteiger partial charge in [0.1, 0.15) is 5.58 Å². The van der Waals surface area contributed by atoms with Crippen LogP contribution in [0.2, 0.25) is 19.6 Å². The van der Waals surface area contributed by atoms with Crippen molar-refractivity contribution in [3.63, 3.8) is 0 Å². The Morgan fingerprint density at radius 3 is 2.28 bits per heavy atom. The van der Waals surface area contributed by atoms with Crippen molar-refractivity contribution in [2.24, 2.45) is 5.92 Å². The van der Waals surface area contributed by atoms with Gasteiger partial charge in [-0.15, -0.1) is 54.1 Å². The third-order valence-corrected chi connectivity index (χ3v) is 10.1. The maximum atomic E-state index is 8.55. The van der Waals surface area contributed by atoms with Crippen LogP contribution in [-0.4, -0.2) is 18.0 Å². The molecule has 0 amide bonds. The van der Waals surface area contributed by atoms with Crippen LogP contribution in [0.4, 0.5) is 0 Å². The first kappa shape index (κ1) is 24.9. The van der Waals surface area contributed by atoms with Gasteiger partial charge in [0.15, 0.2) is 0 Å². The molecule has 0 saturated heterocycles. The predicted octanol–water partition coefficient (Wildman–Crippen LogP) is 11.7. The molecule has 0 aliphatic rings. The molecule has 0 bridgehead atoms. The first-order chi connectivity index (χ1) is 27.9. The fourth-order valence-electron chi connectivity index (χ4n) is 5.73. The van der Waals surface area contributed by atoms with Gasteiger partial charge in [-0.1, -0.05) is 125 Å². The Morgan fingerprint density at radius 1 is 0.800 bits per heavy atom. The Bertz CT molecular complexity index is 2580. The smallest absolute Gasteiger partial charge is 0.121 e. The van der Waals surface area contributed by atoms with Crippen molar-refractivity contribution in [2.75, 3.05) is 0 Å². The zero-order valence-electron chi connectivity index (χ0n) is 39.7. The van der Waals surface area contributed by atoms with Gasteiger partial charge in [-0.2, -0.15) is 0 Å². The minimum atomic E-state index is -3.37. The van der Waals surface area contributed by atoms with E-state index >= 15 is 0 Å². The molecule has 7 aromatic rings. The molecule has 7 rings (SSSR count). The molecule has 0 N–H and O–H groups in total. The van der Waals surface area contributed by atoms with Crippen LogP contribution < -0.4 is 5.19 Å². The molecule has 0 spiro atoms. The van der Waals surface area contributed by atoms with Gasteiger partial charge in [0.2, 0.25) is 0 Å². The Hall–Kier alpha value is -4.15. The van der Waals surface area contributed by atoms with Crippen LogP contribution in [0.1, 0.15) is 60.6 Å². The predicted molar refractivity (Wildman–Crippen MR) is 210 cm³/mol. The van der Waals surface area contributed by atoms with E-state index < -0.39 is 40.4 Å². The van der Waals surface area contributed by atoms with E-state index in [9.17, 15) is 0 Å². The van der Waals surface area contributed by atoms with Gasteiger partial charge >= 0.3 is 0 Å². The Labute approximate surface area is 328 Å². The number of benzene rings is 4. The number of nitrogens with zero attached hydrogens (tertiary/aromatic N) is 2. The van der Waals surface area contributed by atoms with Crippen molar-refractivity contribution in [1.82, 2.24) is 9.97 Å². The Kier molecular flexibility index (Phi) is 7.67. The monoisotopic (exact) mass is 862 g/mol. The van der Waals surface area contributed by atoms with Gasteiger partial charge in [-0.25, -0.2) is 0 Å². The molecule has 3 heterocycles. The van der Waals surface area contributed by atoms with Gasteiger partial charge in [-0.3, -0.25) is 0 Å². The number of hydrogen-bond acceptors (Lipinski definition) is 3. The van der Waals surface area contributed by atoms with Crippen molar-refractivity contribution in [3.8, 4) is 33.6 Å². The summed E-state index contributed by atoms with van der Waals surface area (Å²) in [6.45, 7) is 0.460. The van der Waals surface area contributed by atoms with E-state index in [1.807, 2.05) is 105 Å². The molecular formula is C45H46IrN2OSi-2. The topological polar surface area (TPSA) is 38.9 Å². The minimum Gasteiger partial charge on any atom is -0.501 e. The molecule has 50 heavy (non-hydrogen) atoms. The van der Waals surface area contributed by atoms with Gasteiger partial charge in [0.05, 0.1) is 13.7 Å². The third kappa shape index (κ3) is 8.41. The number of furan rings is 1. The number of fused-ring (bicyclic) bond motifs is 3. The largest absolute Gasteiger partial charge is 0.501 e. The molecule has 0 aliphatic heterocycles. The van der Waals surface area contributed by atoms with Gasteiger partial charge in [0, 0.05) is 53.0 Å². The van der Waals surface area contributed by atoms with E-state index in [1.54, 1.807) is 6.07 Å². The molecule has 5 heteroatoms. The van der Waals surface area contributed by atoms with Crippen molar-refractivity contribution < 1.29 is 39.6 Å². The average molecular weight is 862 g/mol. The van der Waals surface area contributed by atoms with E-state index in [0.717, 1.165) is 50.0 Å². The minimum absolute atomic E-state index is 0. The standard InChI is InChI=1S/C27H22NO.C18H24NSi.Ir/c1-27(2,3)20-14-15-28-24(17-20)23-11-7-10-22-21-13-12-19(16-25(21)29-26(22)23)18-8-5-4-6-9-18;1-14(2)11-16-12-17(15-9-7-6-8-10-15)19-13-18(16)20(3,4)5;/h4-10,12-17H,1-3H3;6-9,12-14H,11H2,1-5H3;/q2*-1;/i1D3,2D3,3D3;11D2;. The van der Waals surface area contributed by atoms with Crippen LogP contribution in [0, 0.1) is 18.1 Å². The van der Waals surface area contributed by atoms with Crippen LogP contribution in [0.25, 0.3) is 55.6 Å². The van der Waals surface area contributed by atoms with E-state index in [1.165, 1.54) is 12.3 Å². The number of rotatable bonds is 6. The van der Waals surface area contributed by atoms with Crippen LogP contribution in [0.15, 0.2) is 120 Å². The zero-order valence-corrected chi connectivity index (χ0v) is 32.1. The Balaban J connectivity index is 0.000000262. The quantitative estimate of drug-likeness (QED) is 0.123. The second-order valence-electron chi connectivity index (χ2n) is 13.4. The molecule has 0 fully saturated rings. The summed E-state index contributed by atoms with van der Waals surface area (Å²) in [7, 11) is -1.67. The maximum absolute atomic E-state index is 8.55. The van der Waals surface area contributed by atoms with Gasteiger partial charge in [0.25, 0.3) is 0 Å². The van der Waals surface area contributed by atoms with Crippen molar-refractivity contribution in [3.05, 3.63) is 139 Å². The van der Waals surface area contributed by atoms with Crippen LogP contribution in [-0.2, 0) is 31.9 Å². The van der Waals surface area contributed by atoms with Crippen LogP contribution in [0.3, 0.4) is 0 Å². The second-order valence-corrected chi connectivity index (χ2v) is 18.4. The van der Waals surface area contributed by atoms with Crippen molar-refractivity contribution in [1.29, 1.82) is 0 Å². The first-order valence-electron chi connectivity index (χ1n) is 21.8. The first-order valence-corrected chi connectivity index (χ1v) is 19.8. The molecule has 0 unspecified atom stereocenters. The molecule has 1 radical (unpaired) electrons. The van der Waals surface area contributed by atoms with E-state index in [0.29, 0.717) is 16.7 Å². The molecule has 0 saturated carbocycles. The average Bonchev–Trinajstić information content (AvgIpc) is 3.55. The zero-order chi connectivity index (χ0) is 44.1. The normalized spacial score (nSPS) is 16.0. The molecule has 0 aliphatic carbocycles. The number of hydrogen-bond donors (Lipinski definition) is 0. The number of aromatic nitrogens is 2. The molecule has 257 valence electrons. The molecule has 4 aromatic carbocycles. The molecule has 3 aromatic heterocycles. The summed E-state index contributed by atoms with van der Waals surface area (Å²) in [5.74, 6) is -0.0856. The maximum Gasteiger partial charge on any atom is 0.121 e. The van der Waals surface area contributed by atoms with E-state index in [4.69, 9.17) is 19.5 Å². The molecular weight excluding hydrogens is 805 g/mol. The SMILES string of the molecule is [2H]C([2H])([2H])C(c1ccnc(-c2[c-]ccc3c2oc2cc(-c4ccccc4)ccc23)c1)(C([2H])([2H])[2H])C([2H])([2H])[2H].[2H]C([2H])(c1cc(-c2[c-]cccc2)ncc1[Si](C)(C)C)C(C)C.[Ir]. The number of pyridine rings is 2. The fourth-order valence-corrected chi connectivity index (χ4v) is 7.13. The summed E-state index contributed by atoms with van der Waals surface area (Å²) in [6.07, 6.45) is 1.74. The van der Waals surface area contributed by atoms with Crippen LogP contribution >= 0.6 is 0 Å². The van der Waals surface area contributed by atoms with Crippen molar-refractivity contribution in [2.45, 2.75) is 65.8 Å². The summed E-state index contributed by atoms with van der Waals surface area (Å²) in [5, 5.41) is 2.70. The fraction of sp³-hybridized carbons (Fsp3) is 0.244. The summed E-state index contributed by atoms with van der Waals surface area (Å²) >= 11 is 0. The Morgan fingerprint density at radius 2 is 1.58 bits per heavy atom. The molecule has 0 atom stereocenters. The summed E-state index contributed by atoms with van der Waals surface area (Å²) in [4.78, 5) is 8.90. The summed E-state index contributed by atoms with van der Waals surface area (Å²) in [5.41, 5.74) is 2.50. The van der Waals surface area contributed by atoms with Crippen molar-refractivity contribution >= 4 is 35.2 Å².